The van der Waals surface area contributed by atoms with Gasteiger partial charge in [0.05, 0.1) is 4.90 Å². The highest BCUT2D eigenvalue weighted by molar-refractivity contribution is 7.89. The second-order valence-corrected chi connectivity index (χ2v) is 6.69. The van der Waals surface area contributed by atoms with Gasteiger partial charge in [0.1, 0.15) is 5.75 Å². The fourth-order valence-corrected chi connectivity index (χ4v) is 3.64. The highest BCUT2D eigenvalue weighted by atomic mass is 32.2. The van der Waals surface area contributed by atoms with Crippen molar-refractivity contribution in [2.45, 2.75) is 23.3 Å². The topological polar surface area (TPSA) is 66.4 Å². The summed E-state index contributed by atoms with van der Waals surface area (Å²) < 4.78 is 27.1. The van der Waals surface area contributed by atoms with Crippen molar-refractivity contribution in [3.8, 4) is 5.75 Å². The number of hydrogen-bond donors (Lipinski definition) is 2. The lowest BCUT2D eigenvalue weighted by Crippen LogP contribution is -2.26. The van der Waals surface area contributed by atoms with Crippen LogP contribution in [0.1, 0.15) is 17.9 Å². The van der Waals surface area contributed by atoms with E-state index in [9.17, 15) is 13.5 Å². The zero-order chi connectivity index (χ0) is 14.2. The van der Waals surface area contributed by atoms with Crippen molar-refractivity contribution in [1.82, 2.24) is 4.72 Å². The summed E-state index contributed by atoms with van der Waals surface area (Å²) in [5, 5.41) is 9.36. The van der Waals surface area contributed by atoms with Gasteiger partial charge in [0.2, 0.25) is 10.0 Å². The van der Waals surface area contributed by atoms with E-state index in [1.807, 2.05) is 30.3 Å². The Labute approximate surface area is 118 Å². The van der Waals surface area contributed by atoms with Gasteiger partial charge in [0.15, 0.2) is 0 Å². The van der Waals surface area contributed by atoms with E-state index in [4.69, 9.17) is 0 Å². The van der Waals surface area contributed by atoms with Crippen LogP contribution in [-0.4, -0.2) is 19.6 Å². The van der Waals surface area contributed by atoms with Crippen molar-refractivity contribution in [3.05, 3.63) is 60.2 Å². The molecule has 2 unspecified atom stereocenters. The predicted molar refractivity (Wildman–Crippen MR) is 76.0 cm³/mol. The van der Waals surface area contributed by atoms with Crippen molar-refractivity contribution >= 4 is 10.0 Å². The Hall–Kier alpha value is -1.85. The summed E-state index contributed by atoms with van der Waals surface area (Å²) in [5.74, 6) is 0.187. The second-order valence-electron chi connectivity index (χ2n) is 4.98. The van der Waals surface area contributed by atoms with Crippen molar-refractivity contribution in [3.63, 3.8) is 0 Å². The molecule has 2 aromatic carbocycles. The number of hydrogen-bond acceptors (Lipinski definition) is 3. The molecule has 3 rings (SSSR count). The number of benzene rings is 2. The van der Waals surface area contributed by atoms with Gasteiger partial charge in [-0.25, -0.2) is 13.1 Å². The molecule has 20 heavy (non-hydrogen) atoms. The van der Waals surface area contributed by atoms with Gasteiger partial charge in [-0.15, -0.1) is 0 Å². The lowest BCUT2D eigenvalue weighted by atomic mass is 10.1. The minimum absolute atomic E-state index is 0.0525. The van der Waals surface area contributed by atoms with Crippen LogP contribution in [0.2, 0.25) is 0 Å². The fourth-order valence-electron chi connectivity index (χ4n) is 2.31. The fraction of sp³-hybridized carbons (Fsp3) is 0.200. The molecule has 0 amide bonds. The Morgan fingerprint density at radius 2 is 1.80 bits per heavy atom. The monoisotopic (exact) mass is 289 g/mol. The van der Waals surface area contributed by atoms with Gasteiger partial charge in [0, 0.05) is 12.0 Å². The minimum atomic E-state index is -3.57. The number of phenols is 1. The van der Waals surface area contributed by atoms with Crippen molar-refractivity contribution in [2.24, 2.45) is 0 Å². The van der Waals surface area contributed by atoms with Gasteiger partial charge in [-0.05, 0) is 30.2 Å². The highest BCUT2D eigenvalue weighted by Gasteiger charge is 2.41. The smallest absolute Gasteiger partial charge is 0.240 e. The number of nitrogens with one attached hydrogen (secondary N) is 1. The first-order valence-electron chi connectivity index (χ1n) is 6.42. The molecule has 2 N–H and O–H groups in total. The third-order valence-corrected chi connectivity index (χ3v) is 4.94. The molecule has 0 aliphatic heterocycles. The third-order valence-electron chi connectivity index (χ3n) is 3.45. The number of rotatable bonds is 4. The standard InChI is InChI=1S/C15H15NO3S/c17-12-7-4-8-13(9-12)20(18,19)16-15-10-14(15)11-5-2-1-3-6-11/h1-9,14-17H,10H2. The van der Waals surface area contributed by atoms with Crippen LogP contribution in [0.3, 0.4) is 0 Å². The Bertz CT molecular complexity index is 713. The molecule has 2 aromatic rings. The van der Waals surface area contributed by atoms with Gasteiger partial charge in [0.25, 0.3) is 0 Å². The van der Waals surface area contributed by atoms with Gasteiger partial charge in [-0.1, -0.05) is 36.4 Å². The molecule has 0 aromatic heterocycles. The van der Waals surface area contributed by atoms with Crippen LogP contribution < -0.4 is 4.72 Å². The molecule has 1 aliphatic rings. The van der Waals surface area contributed by atoms with Crippen LogP contribution in [0.4, 0.5) is 0 Å². The summed E-state index contributed by atoms with van der Waals surface area (Å²) in [6.07, 6.45) is 0.808. The molecule has 4 nitrogen and oxygen atoms in total. The molecule has 0 saturated heterocycles. The molecule has 104 valence electrons. The molecular formula is C15H15NO3S. The van der Waals surface area contributed by atoms with E-state index in [-0.39, 0.29) is 22.6 Å². The molecule has 1 aliphatic carbocycles. The largest absolute Gasteiger partial charge is 0.508 e. The summed E-state index contributed by atoms with van der Waals surface area (Å²) in [6, 6.07) is 15.5. The first-order valence-corrected chi connectivity index (χ1v) is 7.91. The molecule has 5 heteroatoms. The lowest BCUT2D eigenvalue weighted by Gasteiger charge is -2.07. The SMILES string of the molecule is O=S(=O)(NC1CC1c1ccccc1)c1cccc(O)c1. The van der Waals surface area contributed by atoms with E-state index in [0.29, 0.717) is 0 Å². The summed E-state index contributed by atoms with van der Waals surface area (Å²) in [5.41, 5.74) is 1.15. The zero-order valence-electron chi connectivity index (χ0n) is 10.7. The maximum absolute atomic E-state index is 12.2. The summed E-state index contributed by atoms with van der Waals surface area (Å²) in [4.78, 5) is 0.0937. The van der Waals surface area contributed by atoms with Crippen molar-refractivity contribution in [1.29, 1.82) is 0 Å². The molecule has 0 spiro atoms. The van der Waals surface area contributed by atoms with E-state index in [1.165, 1.54) is 24.3 Å². The molecule has 2 atom stereocenters. The molecule has 1 fully saturated rings. The first kappa shape index (κ1) is 13.1. The second kappa shape index (κ2) is 4.92. The van der Waals surface area contributed by atoms with E-state index >= 15 is 0 Å². The summed E-state index contributed by atoms with van der Waals surface area (Å²) in [6.45, 7) is 0. The van der Waals surface area contributed by atoms with E-state index in [2.05, 4.69) is 4.72 Å². The van der Waals surface area contributed by atoms with Crippen LogP contribution >= 0.6 is 0 Å². The number of phenolic OH excluding ortho intramolecular Hbond substituents is 1. The molecular weight excluding hydrogens is 274 g/mol. The van der Waals surface area contributed by atoms with Crippen LogP contribution in [0.25, 0.3) is 0 Å². The molecule has 0 heterocycles. The molecule has 0 bridgehead atoms. The Morgan fingerprint density at radius 3 is 2.50 bits per heavy atom. The van der Waals surface area contributed by atoms with Crippen LogP contribution in [0.5, 0.6) is 5.75 Å². The molecule has 0 radical (unpaired) electrons. The van der Waals surface area contributed by atoms with Gasteiger partial charge < -0.3 is 5.11 Å². The maximum atomic E-state index is 12.2. The Kier molecular flexibility index (Phi) is 3.23. The van der Waals surface area contributed by atoms with Crippen LogP contribution in [0, 0.1) is 0 Å². The van der Waals surface area contributed by atoms with Gasteiger partial charge in [-0.3, -0.25) is 0 Å². The van der Waals surface area contributed by atoms with Crippen LogP contribution in [-0.2, 0) is 10.0 Å². The molecule has 1 saturated carbocycles. The quantitative estimate of drug-likeness (QED) is 0.907. The Morgan fingerprint density at radius 1 is 1.05 bits per heavy atom. The average molecular weight is 289 g/mol. The maximum Gasteiger partial charge on any atom is 0.240 e. The summed E-state index contributed by atoms with van der Waals surface area (Å²) in [7, 11) is -3.57. The highest BCUT2D eigenvalue weighted by Crippen LogP contribution is 2.41. The lowest BCUT2D eigenvalue weighted by molar-refractivity contribution is 0.473. The van der Waals surface area contributed by atoms with Crippen LogP contribution in [0.15, 0.2) is 59.5 Å². The van der Waals surface area contributed by atoms with E-state index in [0.717, 1.165) is 12.0 Å². The van der Waals surface area contributed by atoms with Crippen molar-refractivity contribution in [2.75, 3.05) is 0 Å². The van der Waals surface area contributed by atoms with E-state index in [1.54, 1.807) is 0 Å². The first-order chi connectivity index (χ1) is 9.56. The Balaban J connectivity index is 1.73. The third kappa shape index (κ3) is 2.69. The summed E-state index contributed by atoms with van der Waals surface area (Å²) >= 11 is 0. The van der Waals surface area contributed by atoms with Gasteiger partial charge >= 0.3 is 0 Å². The minimum Gasteiger partial charge on any atom is -0.508 e. The number of aromatic hydroxyl groups is 1. The average Bonchev–Trinajstić information content (AvgIpc) is 3.18. The van der Waals surface area contributed by atoms with E-state index < -0.39 is 10.0 Å². The van der Waals surface area contributed by atoms with Gasteiger partial charge in [-0.2, -0.15) is 0 Å². The predicted octanol–water partition coefficient (Wildman–Crippen LogP) is 2.23. The van der Waals surface area contributed by atoms with Crippen molar-refractivity contribution < 1.29 is 13.5 Å². The normalized spacial score (nSPS) is 21.6. The number of sulfonamides is 1. The zero-order valence-corrected chi connectivity index (χ0v) is 11.5.